The van der Waals surface area contributed by atoms with E-state index in [0.717, 1.165) is 12.1 Å². The van der Waals surface area contributed by atoms with E-state index in [2.05, 4.69) is 10.3 Å². The molecular formula is C12H8ClN3O5. The smallest absolute Gasteiger partial charge is 0.335 e. The molecule has 0 atom stereocenters. The fourth-order valence-corrected chi connectivity index (χ4v) is 1.70. The number of hydrogen-bond acceptors (Lipinski definition) is 4. The number of amides is 1. The molecule has 4 N–H and O–H groups in total. The van der Waals surface area contributed by atoms with Gasteiger partial charge in [-0.2, -0.15) is 0 Å². The van der Waals surface area contributed by atoms with E-state index in [1.807, 2.05) is 4.98 Å². The summed E-state index contributed by atoms with van der Waals surface area (Å²) in [6.45, 7) is 0. The zero-order valence-corrected chi connectivity index (χ0v) is 11.0. The monoisotopic (exact) mass is 309 g/mol. The van der Waals surface area contributed by atoms with Crippen molar-refractivity contribution in [1.29, 1.82) is 0 Å². The first-order chi connectivity index (χ1) is 9.86. The van der Waals surface area contributed by atoms with E-state index >= 15 is 0 Å². The summed E-state index contributed by atoms with van der Waals surface area (Å²) in [7, 11) is 0. The van der Waals surface area contributed by atoms with E-state index in [1.165, 1.54) is 12.1 Å². The second-order valence-electron chi connectivity index (χ2n) is 3.96. The molecule has 1 heterocycles. The molecule has 0 aliphatic carbocycles. The predicted octanol–water partition coefficient (Wildman–Crippen LogP) is 0.667. The van der Waals surface area contributed by atoms with Crippen molar-refractivity contribution in [2.75, 3.05) is 5.32 Å². The van der Waals surface area contributed by atoms with Crippen molar-refractivity contribution in [1.82, 2.24) is 9.97 Å². The molecule has 1 aromatic heterocycles. The maximum absolute atomic E-state index is 11.9. The Balaban J connectivity index is 2.35. The number of carboxylic acid groups (broad SMARTS) is 1. The molecule has 2 rings (SSSR count). The number of hydrogen-bond donors (Lipinski definition) is 4. The highest BCUT2D eigenvalue weighted by atomic mass is 35.5. The summed E-state index contributed by atoms with van der Waals surface area (Å²) < 4.78 is 0. The van der Waals surface area contributed by atoms with E-state index < -0.39 is 23.1 Å². The molecule has 0 saturated carbocycles. The van der Waals surface area contributed by atoms with Crippen LogP contribution in [0, 0.1) is 0 Å². The van der Waals surface area contributed by atoms with Gasteiger partial charge >= 0.3 is 11.7 Å². The van der Waals surface area contributed by atoms with Gasteiger partial charge in [0.2, 0.25) is 0 Å². The number of benzene rings is 1. The van der Waals surface area contributed by atoms with Crippen LogP contribution in [0.25, 0.3) is 0 Å². The van der Waals surface area contributed by atoms with Gasteiger partial charge in [-0.1, -0.05) is 11.6 Å². The van der Waals surface area contributed by atoms with Crippen LogP contribution < -0.4 is 16.6 Å². The number of aromatic amines is 2. The molecule has 0 aliphatic heterocycles. The van der Waals surface area contributed by atoms with Gasteiger partial charge in [0, 0.05) is 6.07 Å². The quantitative estimate of drug-likeness (QED) is 0.661. The lowest BCUT2D eigenvalue weighted by molar-refractivity contribution is 0.0696. The van der Waals surface area contributed by atoms with Crippen molar-refractivity contribution in [3.05, 3.63) is 61.4 Å². The van der Waals surface area contributed by atoms with Gasteiger partial charge in [0.05, 0.1) is 16.3 Å². The summed E-state index contributed by atoms with van der Waals surface area (Å²) in [5.41, 5.74) is -1.88. The molecule has 21 heavy (non-hydrogen) atoms. The van der Waals surface area contributed by atoms with Crippen LogP contribution in [0.3, 0.4) is 0 Å². The molecule has 108 valence electrons. The van der Waals surface area contributed by atoms with Crippen molar-refractivity contribution in [2.24, 2.45) is 0 Å². The first-order valence-electron chi connectivity index (χ1n) is 5.54. The first-order valence-corrected chi connectivity index (χ1v) is 5.92. The Morgan fingerprint density at radius 2 is 1.86 bits per heavy atom. The average Bonchev–Trinajstić information content (AvgIpc) is 2.39. The van der Waals surface area contributed by atoms with E-state index in [0.29, 0.717) is 0 Å². The van der Waals surface area contributed by atoms with Gasteiger partial charge in [-0.25, -0.2) is 9.59 Å². The van der Waals surface area contributed by atoms with E-state index in [-0.39, 0.29) is 22.0 Å². The normalized spacial score (nSPS) is 10.1. The number of halogens is 1. The summed E-state index contributed by atoms with van der Waals surface area (Å²) in [4.78, 5) is 49.0. The molecule has 0 aliphatic rings. The third-order valence-corrected chi connectivity index (χ3v) is 2.80. The molecule has 0 unspecified atom stereocenters. The summed E-state index contributed by atoms with van der Waals surface area (Å²) >= 11 is 5.85. The SMILES string of the molecule is O=C(O)c1ccc(Cl)c(NC(=O)c2cc(=O)[nH]c(=O)[nH]2)c1. The van der Waals surface area contributed by atoms with Gasteiger partial charge in [0.15, 0.2) is 0 Å². The van der Waals surface area contributed by atoms with Crippen LogP contribution in [0.1, 0.15) is 20.8 Å². The lowest BCUT2D eigenvalue weighted by atomic mass is 10.2. The molecule has 1 amide bonds. The Hall–Kier alpha value is -2.87. The molecule has 0 spiro atoms. The molecule has 0 radical (unpaired) electrons. The molecule has 8 nitrogen and oxygen atoms in total. The second kappa shape index (κ2) is 5.63. The number of carbonyl (C=O) groups excluding carboxylic acids is 1. The molecule has 9 heteroatoms. The third kappa shape index (κ3) is 3.37. The van der Waals surface area contributed by atoms with Crippen LogP contribution >= 0.6 is 11.6 Å². The Morgan fingerprint density at radius 3 is 2.48 bits per heavy atom. The fraction of sp³-hybridized carbons (Fsp3) is 0. The van der Waals surface area contributed by atoms with Crippen LogP contribution in [0.15, 0.2) is 33.9 Å². The Morgan fingerprint density at radius 1 is 1.14 bits per heavy atom. The van der Waals surface area contributed by atoms with Gasteiger partial charge < -0.3 is 15.4 Å². The van der Waals surface area contributed by atoms with E-state index in [4.69, 9.17) is 16.7 Å². The van der Waals surface area contributed by atoms with Crippen LogP contribution in [-0.2, 0) is 0 Å². The Kier molecular flexibility index (Phi) is 3.90. The fourth-order valence-electron chi connectivity index (χ4n) is 1.53. The largest absolute Gasteiger partial charge is 0.478 e. The molecular weight excluding hydrogens is 302 g/mol. The van der Waals surface area contributed by atoms with Gasteiger partial charge in [0.1, 0.15) is 5.69 Å². The topological polar surface area (TPSA) is 132 Å². The minimum atomic E-state index is -1.19. The number of rotatable bonds is 3. The minimum Gasteiger partial charge on any atom is -0.478 e. The molecule has 0 bridgehead atoms. The Labute approximate surface area is 121 Å². The van der Waals surface area contributed by atoms with Gasteiger partial charge in [0.25, 0.3) is 11.5 Å². The predicted molar refractivity (Wildman–Crippen MR) is 74.0 cm³/mol. The maximum Gasteiger partial charge on any atom is 0.335 e. The van der Waals surface area contributed by atoms with Crippen molar-refractivity contribution < 1.29 is 14.7 Å². The van der Waals surface area contributed by atoms with E-state index in [1.54, 1.807) is 0 Å². The Bertz CT molecular complexity index is 811. The number of nitrogens with one attached hydrogen (secondary N) is 3. The van der Waals surface area contributed by atoms with Crippen molar-refractivity contribution in [2.45, 2.75) is 0 Å². The van der Waals surface area contributed by atoms with Crippen LogP contribution in [0.4, 0.5) is 5.69 Å². The number of carboxylic acids is 1. The summed E-state index contributed by atoms with van der Waals surface area (Å²) in [6.07, 6.45) is 0. The number of anilines is 1. The summed E-state index contributed by atoms with van der Waals surface area (Å²) in [6, 6.07) is 4.64. The first kappa shape index (κ1) is 14.5. The van der Waals surface area contributed by atoms with Crippen LogP contribution in [-0.4, -0.2) is 27.0 Å². The molecule has 0 saturated heterocycles. The lowest BCUT2D eigenvalue weighted by Gasteiger charge is -2.07. The van der Waals surface area contributed by atoms with Crippen LogP contribution in [0.2, 0.25) is 5.02 Å². The van der Waals surface area contributed by atoms with Crippen molar-refractivity contribution in [3.8, 4) is 0 Å². The molecule has 2 aromatic rings. The minimum absolute atomic E-state index is 0.0442. The number of H-pyrrole nitrogens is 2. The third-order valence-electron chi connectivity index (χ3n) is 2.47. The highest BCUT2D eigenvalue weighted by Crippen LogP contribution is 2.23. The molecule has 0 fully saturated rings. The highest BCUT2D eigenvalue weighted by Gasteiger charge is 2.12. The molecule has 1 aromatic carbocycles. The van der Waals surface area contributed by atoms with Crippen molar-refractivity contribution >= 4 is 29.2 Å². The number of aromatic carboxylic acids is 1. The van der Waals surface area contributed by atoms with E-state index in [9.17, 15) is 19.2 Å². The zero-order chi connectivity index (χ0) is 15.6. The standard InChI is InChI=1S/C12H8ClN3O5/c13-6-2-1-5(11(19)20)3-7(6)14-10(18)8-4-9(17)16-12(21)15-8/h1-4H,(H,14,18)(H,19,20)(H2,15,16,17,21). The van der Waals surface area contributed by atoms with Gasteiger partial charge in [-0.3, -0.25) is 14.6 Å². The van der Waals surface area contributed by atoms with Gasteiger partial charge in [-0.15, -0.1) is 0 Å². The van der Waals surface area contributed by atoms with Crippen LogP contribution in [0.5, 0.6) is 0 Å². The summed E-state index contributed by atoms with van der Waals surface area (Å²) in [5, 5.41) is 11.3. The zero-order valence-electron chi connectivity index (χ0n) is 10.3. The van der Waals surface area contributed by atoms with Crippen molar-refractivity contribution in [3.63, 3.8) is 0 Å². The average molecular weight is 310 g/mol. The summed E-state index contributed by atoms with van der Waals surface area (Å²) in [5.74, 6) is -1.99. The highest BCUT2D eigenvalue weighted by molar-refractivity contribution is 6.34. The number of carbonyl (C=O) groups is 2. The number of aromatic nitrogens is 2. The lowest BCUT2D eigenvalue weighted by Crippen LogP contribution is -2.27. The van der Waals surface area contributed by atoms with Gasteiger partial charge in [-0.05, 0) is 18.2 Å². The maximum atomic E-state index is 11.9. The second-order valence-corrected chi connectivity index (χ2v) is 4.36.